The van der Waals surface area contributed by atoms with Gasteiger partial charge in [0.1, 0.15) is 0 Å². The molecule has 1 aromatic heterocycles. The molecule has 0 bridgehead atoms. The maximum atomic E-state index is 2.68. The molecule has 4 aliphatic rings. The minimum absolute atomic E-state index is 0.0830. The molecular formula is C67H50BN3. The molecule has 15 rings (SSSR count). The summed E-state index contributed by atoms with van der Waals surface area (Å²) in [7, 11) is 0. The van der Waals surface area contributed by atoms with Gasteiger partial charge in [0.25, 0.3) is 0 Å². The molecule has 2 aliphatic carbocycles. The Hall–Kier alpha value is -8.34. The Morgan fingerprint density at radius 3 is 1.73 bits per heavy atom. The molecular weight excluding hydrogens is 858 g/mol. The number of para-hydroxylation sites is 3. The molecule has 10 aromatic carbocycles. The van der Waals surface area contributed by atoms with Crippen LogP contribution in [-0.4, -0.2) is 11.4 Å². The summed E-state index contributed by atoms with van der Waals surface area (Å²) in [4.78, 5) is 5.09. The summed E-state index contributed by atoms with van der Waals surface area (Å²) < 4.78 is 2.65. The van der Waals surface area contributed by atoms with Crippen molar-refractivity contribution in [2.45, 2.75) is 45.4 Å². The number of hydrogen-bond donors (Lipinski definition) is 0. The van der Waals surface area contributed by atoms with Crippen molar-refractivity contribution in [2.24, 2.45) is 0 Å². The molecule has 0 fully saturated rings. The van der Waals surface area contributed by atoms with E-state index in [-0.39, 0.29) is 17.7 Å². The lowest BCUT2D eigenvalue weighted by Gasteiger charge is -2.43. The molecule has 2 aliphatic heterocycles. The van der Waals surface area contributed by atoms with Gasteiger partial charge in [0.15, 0.2) is 0 Å². The fraction of sp³-hybridized carbons (Fsp3) is 0.104. The SMILES string of the molecule is Cc1ccc(N2B3c4cc5c(cc4-n4c6ccccc6c6c(-c7ccc8c(c7)-c7ccccc7C8(C)C)cc(c3c64)-c3ccc(N(c4ccccc4)c4ccccc4)cc32)-c2ccccc2C5(C)C)cc1. The zero-order valence-corrected chi connectivity index (χ0v) is 40.6. The molecule has 0 saturated heterocycles. The Labute approximate surface area is 416 Å². The smallest absolute Gasteiger partial charge is 0.333 e. The summed E-state index contributed by atoms with van der Waals surface area (Å²) in [5.74, 6) is 0. The van der Waals surface area contributed by atoms with Crippen molar-refractivity contribution < 1.29 is 0 Å². The Bertz CT molecular complexity index is 4030. The van der Waals surface area contributed by atoms with Gasteiger partial charge >= 0.3 is 6.85 Å². The number of aryl methyl sites for hydroxylation is 1. The largest absolute Gasteiger partial charge is 0.376 e. The zero-order valence-electron chi connectivity index (χ0n) is 40.6. The molecule has 336 valence electrons. The Morgan fingerprint density at radius 2 is 1.03 bits per heavy atom. The van der Waals surface area contributed by atoms with Crippen molar-refractivity contribution in [1.29, 1.82) is 0 Å². The van der Waals surface area contributed by atoms with Gasteiger partial charge in [-0.2, -0.15) is 0 Å². The first-order chi connectivity index (χ1) is 34.7. The third kappa shape index (κ3) is 5.45. The van der Waals surface area contributed by atoms with Gasteiger partial charge in [0, 0.05) is 61.3 Å². The molecule has 11 aromatic rings. The predicted octanol–water partition coefficient (Wildman–Crippen LogP) is 16.1. The van der Waals surface area contributed by atoms with E-state index in [2.05, 4.69) is 261 Å². The molecule has 3 nitrogen and oxygen atoms in total. The highest BCUT2D eigenvalue weighted by atomic mass is 15.2. The zero-order chi connectivity index (χ0) is 47.5. The monoisotopic (exact) mass is 907 g/mol. The average molecular weight is 908 g/mol. The van der Waals surface area contributed by atoms with Crippen LogP contribution < -0.4 is 20.6 Å². The van der Waals surface area contributed by atoms with E-state index in [9.17, 15) is 0 Å². The number of fused-ring (bicyclic) bond motifs is 14. The van der Waals surface area contributed by atoms with Crippen LogP contribution in [-0.2, 0) is 10.8 Å². The first-order valence-corrected chi connectivity index (χ1v) is 25.2. The van der Waals surface area contributed by atoms with Gasteiger partial charge < -0.3 is 14.3 Å². The summed E-state index contributed by atoms with van der Waals surface area (Å²) in [5, 5.41) is 2.59. The molecule has 0 saturated carbocycles. The summed E-state index contributed by atoms with van der Waals surface area (Å²) in [5.41, 5.74) is 29.1. The molecule has 0 N–H and O–H groups in total. The van der Waals surface area contributed by atoms with Crippen LogP contribution in [0.4, 0.5) is 28.4 Å². The minimum Gasteiger partial charge on any atom is -0.376 e. The first-order valence-electron chi connectivity index (χ1n) is 25.2. The standard InChI is InChI=1S/C67H50BN3/c1-41-28-31-45(32-29-41)71-61-37-46(69(43-18-8-6-9-19-43)44-20-10-7-11-21-44)33-34-49(61)54-38-51(42-30-35-57-52(36-42)47-22-12-15-25-55(47)66(57,2)3)63-50-24-14-17-27-60(50)70-62-39-53-48-23-13-16-26-56(48)67(4,5)58(53)40-59(62)68(71)64(54)65(63)70/h6-40H,1-5H3. The maximum Gasteiger partial charge on any atom is 0.333 e. The lowest BCUT2D eigenvalue weighted by molar-refractivity contribution is 0.660. The number of rotatable bonds is 5. The van der Waals surface area contributed by atoms with E-state index in [0.717, 1.165) is 17.1 Å². The van der Waals surface area contributed by atoms with Crippen LogP contribution in [0, 0.1) is 6.92 Å². The third-order valence-electron chi connectivity index (χ3n) is 16.8. The summed E-state index contributed by atoms with van der Waals surface area (Å²) in [6.45, 7) is 11.6. The highest BCUT2D eigenvalue weighted by Gasteiger charge is 2.47. The van der Waals surface area contributed by atoms with E-state index >= 15 is 0 Å². The lowest BCUT2D eigenvalue weighted by atomic mass is 9.43. The van der Waals surface area contributed by atoms with Gasteiger partial charge in [-0.1, -0.05) is 173 Å². The molecule has 3 heterocycles. The lowest BCUT2D eigenvalue weighted by Crippen LogP contribution is -2.60. The molecule has 0 unspecified atom stereocenters. The van der Waals surface area contributed by atoms with E-state index < -0.39 is 0 Å². The normalized spacial score (nSPS) is 14.7. The van der Waals surface area contributed by atoms with E-state index in [1.807, 2.05) is 0 Å². The highest BCUT2D eigenvalue weighted by Crippen LogP contribution is 2.55. The Balaban J connectivity index is 1.09. The van der Waals surface area contributed by atoms with E-state index in [1.165, 1.54) is 122 Å². The topological polar surface area (TPSA) is 11.4 Å². The van der Waals surface area contributed by atoms with E-state index in [1.54, 1.807) is 0 Å². The van der Waals surface area contributed by atoms with Crippen LogP contribution in [0.15, 0.2) is 212 Å². The van der Waals surface area contributed by atoms with Crippen molar-refractivity contribution in [1.82, 2.24) is 4.57 Å². The van der Waals surface area contributed by atoms with Crippen molar-refractivity contribution in [2.75, 3.05) is 9.71 Å². The van der Waals surface area contributed by atoms with Gasteiger partial charge in [-0.15, -0.1) is 0 Å². The minimum atomic E-state index is -0.178. The van der Waals surface area contributed by atoms with Crippen LogP contribution in [0.25, 0.3) is 72.0 Å². The van der Waals surface area contributed by atoms with E-state index in [4.69, 9.17) is 0 Å². The Morgan fingerprint density at radius 1 is 0.423 bits per heavy atom. The van der Waals surface area contributed by atoms with Crippen molar-refractivity contribution in [3.8, 4) is 50.2 Å². The summed E-state index contributed by atoms with van der Waals surface area (Å²) in [6, 6.07) is 80.5. The van der Waals surface area contributed by atoms with E-state index in [0.29, 0.717) is 0 Å². The third-order valence-corrected chi connectivity index (χ3v) is 16.8. The average Bonchev–Trinajstić information content (AvgIpc) is 3.97. The summed E-state index contributed by atoms with van der Waals surface area (Å²) >= 11 is 0. The molecule has 0 amide bonds. The van der Waals surface area contributed by atoms with Crippen LogP contribution in [0.5, 0.6) is 0 Å². The van der Waals surface area contributed by atoms with Gasteiger partial charge in [-0.25, -0.2) is 0 Å². The van der Waals surface area contributed by atoms with Crippen LogP contribution >= 0.6 is 0 Å². The molecule has 0 spiro atoms. The second-order valence-corrected chi connectivity index (χ2v) is 21.3. The number of benzene rings is 10. The fourth-order valence-corrected chi connectivity index (χ4v) is 13.5. The molecule has 0 atom stereocenters. The number of nitrogens with zero attached hydrogens (tertiary/aromatic N) is 3. The fourth-order valence-electron chi connectivity index (χ4n) is 13.5. The van der Waals surface area contributed by atoms with Crippen molar-refractivity contribution in [3.05, 3.63) is 240 Å². The van der Waals surface area contributed by atoms with Gasteiger partial charge in [-0.05, 0) is 152 Å². The Kier molecular flexibility index (Phi) is 8.21. The number of hydrogen-bond acceptors (Lipinski definition) is 2. The quantitative estimate of drug-likeness (QED) is 0.159. The van der Waals surface area contributed by atoms with Crippen LogP contribution in [0.1, 0.15) is 55.5 Å². The summed E-state index contributed by atoms with van der Waals surface area (Å²) in [6.07, 6.45) is 0. The van der Waals surface area contributed by atoms with Crippen molar-refractivity contribution in [3.63, 3.8) is 0 Å². The van der Waals surface area contributed by atoms with Crippen LogP contribution in [0.3, 0.4) is 0 Å². The first kappa shape index (κ1) is 40.5. The number of aromatic nitrogens is 1. The second kappa shape index (κ2) is 14.4. The second-order valence-electron chi connectivity index (χ2n) is 21.3. The predicted molar refractivity (Wildman–Crippen MR) is 300 cm³/mol. The molecule has 0 radical (unpaired) electrons. The van der Waals surface area contributed by atoms with Gasteiger partial charge in [0.2, 0.25) is 0 Å². The highest BCUT2D eigenvalue weighted by molar-refractivity contribution is 6.93. The van der Waals surface area contributed by atoms with Crippen LogP contribution in [0.2, 0.25) is 0 Å². The van der Waals surface area contributed by atoms with Crippen molar-refractivity contribution >= 4 is 68.0 Å². The molecule has 4 heteroatoms. The van der Waals surface area contributed by atoms with Gasteiger partial charge in [-0.3, -0.25) is 0 Å². The van der Waals surface area contributed by atoms with Gasteiger partial charge in [0.05, 0.1) is 11.0 Å². The molecule has 71 heavy (non-hydrogen) atoms. The maximum absolute atomic E-state index is 2.68. The number of anilines is 5.